The third kappa shape index (κ3) is 0.833. The van der Waals surface area contributed by atoms with Crippen LogP contribution in [0.25, 0.3) is 0 Å². The van der Waals surface area contributed by atoms with Crippen molar-refractivity contribution in [3.8, 4) is 0 Å². The number of rotatable bonds is 0. The number of thioether (sulfide) groups is 1. The van der Waals surface area contributed by atoms with E-state index in [0.717, 1.165) is 0 Å². The summed E-state index contributed by atoms with van der Waals surface area (Å²) in [4.78, 5) is 5.28. The molecule has 9 heavy (non-hydrogen) atoms. The van der Waals surface area contributed by atoms with Crippen molar-refractivity contribution in [1.82, 2.24) is 4.98 Å². The fourth-order valence-electron chi connectivity index (χ4n) is 0.960. The predicted molar refractivity (Wildman–Crippen MR) is 37.5 cm³/mol. The van der Waals surface area contributed by atoms with Crippen molar-refractivity contribution < 1.29 is 0 Å². The van der Waals surface area contributed by atoms with E-state index in [9.17, 15) is 0 Å². The summed E-state index contributed by atoms with van der Waals surface area (Å²) in [5, 5.41) is 0. The van der Waals surface area contributed by atoms with E-state index in [-0.39, 0.29) is 0 Å². The first-order chi connectivity index (χ1) is 4.47. The number of fused-ring (bicyclic) bond motifs is 1. The van der Waals surface area contributed by atoms with E-state index in [2.05, 4.69) is 11.2 Å². The van der Waals surface area contributed by atoms with Crippen LogP contribution in [0.5, 0.6) is 0 Å². The molecule has 1 aromatic rings. The molecule has 1 aromatic heterocycles. The summed E-state index contributed by atoms with van der Waals surface area (Å²) in [6, 6.07) is 1.97. The number of aryl methyl sites for hydroxylation is 1. The molecule has 0 saturated heterocycles. The quantitative estimate of drug-likeness (QED) is 0.536. The number of aromatic nitrogens is 1. The molecule has 0 saturated carbocycles. The average molecular weight is 136 g/mol. The minimum absolute atomic E-state index is 1.18. The van der Waals surface area contributed by atoms with Gasteiger partial charge in [0.1, 0.15) is 0 Å². The SMILES string of the molecule is [c]1cc2c(cn1)CCS2. The van der Waals surface area contributed by atoms with Crippen molar-refractivity contribution in [3.05, 3.63) is 24.0 Å². The van der Waals surface area contributed by atoms with Crippen molar-refractivity contribution in [1.29, 1.82) is 0 Å². The number of nitrogens with zero attached hydrogens (tertiary/aromatic N) is 1. The largest absolute Gasteiger partial charge is 0.254 e. The Balaban J connectivity index is 2.54. The van der Waals surface area contributed by atoms with Gasteiger partial charge < -0.3 is 0 Å². The van der Waals surface area contributed by atoms with E-state index < -0.39 is 0 Å². The molecular formula is C7H6NS. The van der Waals surface area contributed by atoms with Crippen LogP contribution in [-0.2, 0) is 6.42 Å². The van der Waals surface area contributed by atoms with E-state index in [1.54, 1.807) is 0 Å². The van der Waals surface area contributed by atoms with Crippen LogP contribution in [0, 0.1) is 6.20 Å². The molecule has 2 rings (SSSR count). The molecule has 0 N–H and O–H groups in total. The molecule has 1 aliphatic heterocycles. The average Bonchev–Trinajstić information content (AvgIpc) is 2.33. The molecule has 0 aliphatic carbocycles. The highest BCUT2D eigenvalue weighted by Crippen LogP contribution is 2.29. The lowest BCUT2D eigenvalue weighted by Gasteiger charge is -1.90. The summed E-state index contributed by atoms with van der Waals surface area (Å²) < 4.78 is 0. The molecule has 0 amide bonds. The molecule has 0 spiro atoms. The Hall–Kier alpha value is -0.500. The summed E-state index contributed by atoms with van der Waals surface area (Å²) >= 11 is 1.90. The molecule has 0 fully saturated rings. The predicted octanol–water partition coefficient (Wildman–Crippen LogP) is 1.53. The van der Waals surface area contributed by atoms with E-state index in [1.165, 1.54) is 22.6 Å². The Kier molecular flexibility index (Phi) is 1.19. The van der Waals surface area contributed by atoms with Gasteiger partial charge in [0.2, 0.25) is 0 Å². The highest BCUT2D eigenvalue weighted by Gasteiger charge is 2.09. The van der Waals surface area contributed by atoms with Gasteiger partial charge in [0.05, 0.1) is 6.20 Å². The minimum Gasteiger partial charge on any atom is -0.254 e. The summed E-state index contributed by atoms with van der Waals surface area (Å²) in [6.45, 7) is 0. The zero-order valence-electron chi connectivity index (χ0n) is 4.92. The second-order valence-corrected chi connectivity index (χ2v) is 3.16. The molecule has 2 heteroatoms. The van der Waals surface area contributed by atoms with Gasteiger partial charge in [0, 0.05) is 16.8 Å². The second-order valence-electron chi connectivity index (χ2n) is 2.02. The van der Waals surface area contributed by atoms with Crippen molar-refractivity contribution in [2.45, 2.75) is 11.3 Å². The first kappa shape index (κ1) is 5.30. The lowest BCUT2D eigenvalue weighted by atomic mass is 10.2. The van der Waals surface area contributed by atoms with Gasteiger partial charge in [-0.1, -0.05) is 0 Å². The smallest absolute Gasteiger partial charge is 0.0897 e. The fraction of sp³-hybridized carbons (Fsp3) is 0.286. The number of hydrogen-bond acceptors (Lipinski definition) is 2. The van der Waals surface area contributed by atoms with Crippen LogP contribution in [0.15, 0.2) is 17.2 Å². The molecule has 2 heterocycles. The third-order valence-corrected chi connectivity index (χ3v) is 2.54. The number of pyridine rings is 1. The fourth-order valence-corrected chi connectivity index (χ4v) is 1.98. The van der Waals surface area contributed by atoms with Crippen LogP contribution in [0.4, 0.5) is 0 Å². The van der Waals surface area contributed by atoms with Crippen molar-refractivity contribution >= 4 is 11.8 Å². The van der Waals surface area contributed by atoms with Crippen LogP contribution in [0.1, 0.15) is 5.56 Å². The van der Waals surface area contributed by atoms with Gasteiger partial charge in [0.15, 0.2) is 0 Å². The van der Waals surface area contributed by atoms with Gasteiger partial charge in [-0.15, -0.1) is 11.8 Å². The highest BCUT2D eigenvalue weighted by molar-refractivity contribution is 7.99. The molecule has 45 valence electrons. The van der Waals surface area contributed by atoms with Gasteiger partial charge in [-0.2, -0.15) is 0 Å². The molecule has 1 aliphatic rings. The van der Waals surface area contributed by atoms with Crippen LogP contribution in [-0.4, -0.2) is 10.7 Å². The maximum Gasteiger partial charge on any atom is 0.0897 e. The zero-order chi connectivity index (χ0) is 6.10. The van der Waals surface area contributed by atoms with Crippen LogP contribution < -0.4 is 0 Å². The minimum atomic E-state index is 1.18. The van der Waals surface area contributed by atoms with Crippen molar-refractivity contribution in [2.75, 3.05) is 5.75 Å². The van der Waals surface area contributed by atoms with Gasteiger partial charge in [0.25, 0.3) is 0 Å². The van der Waals surface area contributed by atoms with Gasteiger partial charge in [-0.25, -0.2) is 0 Å². The summed E-state index contributed by atoms with van der Waals surface area (Å²) in [6.07, 6.45) is 5.92. The van der Waals surface area contributed by atoms with Crippen LogP contribution >= 0.6 is 11.8 Å². The maximum atomic E-state index is 3.92. The second kappa shape index (κ2) is 2.03. The molecule has 1 radical (unpaired) electrons. The highest BCUT2D eigenvalue weighted by atomic mass is 32.2. The summed E-state index contributed by atoms with van der Waals surface area (Å²) in [5.41, 5.74) is 1.39. The molecule has 0 unspecified atom stereocenters. The molecule has 0 aromatic carbocycles. The topological polar surface area (TPSA) is 12.9 Å². The lowest BCUT2D eigenvalue weighted by Crippen LogP contribution is -1.80. The molecule has 1 nitrogen and oxygen atoms in total. The van der Waals surface area contributed by atoms with Crippen LogP contribution in [0.3, 0.4) is 0 Å². The van der Waals surface area contributed by atoms with Crippen LogP contribution in [0.2, 0.25) is 0 Å². The van der Waals surface area contributed by atoms with E-state index in [0.29, 0.717) is 0 Å². The first-order valence-electron chi connectivity index (χ1n) is 2.94. The Bertz CT molecular complexity index is 199. The Morgan fingerprint density at radius 3 is 3.56 bits per heavy atom. The molecular weight excluding hydrogens is 130 g/mol. The van der Waals surface area contributed by atoms with Crippen molar-refractivity contribution in [2.24, 2.45) is 0 Å². The Morgan fingerprint density at radius 2 is 2.67 bits per heavy atom. The van der Waals surface area contributed by atoms with Gasteiger partial charge >= 0.3 is 0 Å². The normalized spacial score (nSPS) is 15.6. The summed E-state index contributed by atoms with van der Waals surface area (Å²) in [7, 11) is 0. The zero-order valence-corrected chi connectivity index (χ0v) is 5.74. The monoisotopic (exact) mass is 136 g/mol. The Morgan fingerprint density at radius 1 is 1.67 bits per heavy atom. The molecule has 0 atom stereocenters. The van der Waals surface area contributed by atoms with E-state index >= 15 is 0 Å². The van der Waals surface area contributed by atoms with Gasteiger partial charge in [-0.05, 0) is 18.1 Å². The van der Waals surface area contributed by atoms with Crippen molar-refractivity contribution in [3.63, 3.8) is 0 Å². The first-order valence-corrected chi connectivity index (χ1v) is 3.93. The third-order valence-electron chi connectivity index (χ3n) is 1.44. The maximum absolute atomic E-state index is 3.92. The molecule has 0 bridgehead atoms. The van der Waals surface area contributed by atoms with E-state index in [4.69, 9.17) is 0 Å². The standard InChI is InChI=1S/C7H6NS/c1-3-8-5-6-2-4-9-7(1)6/h1,5H,2,4H2. The number of hydrogen-bond donors (Lipinski definition) is 0. The lowest BCUT2D eigenvalue weighted by molar-refractivity contribution is 1.09. The Labute approximate surface area is 58.5 Å². The van der Waals surface area contributed by atoms with Gasteiger partial charge in [-0.3, -0.25) is 4.98 Å². The van der Waals surface area contributed by atoms with E-state index in [1.807, 2.05) is 24.0 Å². The summed E-state index contributed by atoms with van der Waals surface area (Å²) in [5.74, 6) is 1.22.